The summed E-state index contributed by atoms with van der Waals surface area (Å²) in [5.41, 5.74) is 6.57. The van der Waals surface area contributed by atoms with E-state index in [0.29, 0.717) is 22.3 Å². The van der Waals surface area contributed by atoms with Gasteiger partial charge in [0.1, 0.15) is 11.6 Å². The van der Waals surface area contributed by atoms with Crippen molar-refractivity contribution in [3.63, 3.8) is 0 Å². The maximum atomic E-state index is 13.8. The summed E-state index contributed by atoms with van der Waals surface area (Å²) < 4.78 is 89.4. The molecule has 3 aromatic rings. The molecule has 0 unspecified atom stereocenters. The number of amides is 1. The summed E-state index contributed by atoms with van der Waals surface area (Å²) in [6.07, 6.45) is -9.46. The number of hydrogen-bond acceptors (Lipinski definition) is 5. The third kappa shape index (κ3) is 7.83. The van der Waals surface area contributed by atoms with Crippen LogP contribution in [0.5, 0.6) is 5.75 Å². The number of fused-ring (bicyclic) bond motifs is 1. The summed E-state index contributed by atoms with van der Waals surface area (Å²) in [7, 11) is 1.65. The van der Waals surface area contributed by atoms with Crippen LogP contribution in [0.25, 0.3) is 22.0 Å². The number of alkyl halides is 6. The molecule has 0 atom stereocenters. The van der Waals surface area contributed by atoms with E-state index in [1.54, 1.807) is 25.2 Å². The molecule has 0 aliphatic rings. The Bertz CT molecular complexity index is 1240. The second kappa shape index (κ2) is 11.2. The van der Waals surface area contributed by atoms with Crippen molar-refractivity contribution in [2.24, 2.45) is 12.8 Å². The number of halogens is 7. The van der Waals surface area contributed by atoms with Gasteiger partial charge in [-0.05, 0) is 35.9 Å². The van der Waals surface area contributed by atoms with Gasteiger partial charge in [-0.2, -0.15) is 31.4 Å². The number of benzene rings is 2. The molecular formula is C21H19F7N4O4. The maximum Gasteiger partial charge on any atom is 0.490 e. The van der Waals surface area contributed by atoms with Crippen LogP contribution in [-0.4, -0.2) is 52.3 Å². The lowest BCUT2D eigenvalue weighted by Crippen LogP contribution is -2.21. The number of carboxylic acids is 1. The lowest BCUT2D eigenvalue weighted by molar-refractivity contribution is -0.192. The van der Waals surface area contributed by atoms with Crippen molar-refractivity contribution >= 4 is 28.6 Å². The van der Waals surface area contributed by atoms with Crippen LogP contribution in [0.3, 0.4) is 0 Å². The van der Waals surface area contributed by atoms with Gasteiger partial charge in [-0.1, -0.05) is 6.07 Å². The summed E-state index contributed by atoms with van der Waals surface area (Å²) in [5.74, 6) is -3.42. The number of carbonyl (C=O) groups is 2. The first-order chi connectivity index (χ1) is 16.6. The Morgan fingerprint density at radius 2 is 1.75 bits per heavy atom. The lowest BCUT2D eigenvalue weighted by atomic mass is 10.0. The first-order valence-corrected chi connectivity index (χ1v) is 9.88. The van der Waals surface area contributed by atoms with Crippen LogP contribution in [0, 0.1) is 5.82 Å². The Balaban J connectivity index is 0.000000572. The van der Waals surface area contributed by atoms with Crippen LogP contribution in [0.2, 0.25) is 0 Å². The highest BCUT2D eigenvalue weighted by atomic mass is 19.4. The van der Waals surface area contributed by atoms with E-state index in [9.17, 15) is 35.5 Å². The Morgan fingerprint density at radius 3 is 2.31 bits per heavy atom. The third-order valence-electron chi connectivity index (χ3n) is 4.37. The molecule has 0 saturated heterocycles. The number of aliphatic carboxylic acids is 1. The van der Waals surface area contributed by atoms with Crippen LogP contribution < -0.4 is 15.8 Å². The van der Waals surface area contributed by atoms with Gasteiger partial charge in [0.25, 0.3) is 0 Å². The van der Waals surface area contributed by atoms with Gasteiger partial charge in [0.05, 0.1) is 5.52 Å². The molecule has 3 rings (SSSR count). The van der Waals surface area contributed by atoms with E-state index in [-0.39, 0.29) is 30.2 Å². The van der Waals surface area contributed by atoms with E-state index in [4.69, 9.17) is 20.4 Å². The largest absolute Gasteiger partial charge is 0.490 e. The van der Waals surface area contributed by atoms with Gasteiger partial charge in [0.2, 0.25) is 5.91 Å². The van der Waals surface area contributed by atoms with Gasteiger partial charge in [-0.15, -0.1) is 0 Å². The van der Waals surface area contributed by atoms with E-state index in [0.717, 1.165) is 18.2 Å². The molecule has 1 heterocycles. The fraction of sp³-hybridized carbons (Fsp3) is 0.286. The van der Waals surface area contributed by atoms with Gasteiger partial charge in [0.15, 0.2) is 12.4 Å². The summed E-state index contributed by atoms with van der Waals surface area (Å²) in [5, 5.41) is 14.7. The van der Waals surface area contributed by atoms with Crippen molar-refractivity contribution in [2.75, 3.05) is 18.5 Å². The lowest BCUT2D eigenvalue weighted by Gasteiger charge is -2.14. The number of carbonyl (C=O) groups excluding carboxylic acids is 1. The fourth-order valence-electron chi connectivity index (χ4n) is 2.86. The van der Waals surface area contributed by atoms with Crippen molar-refractivity contribution in [1.29, 1.82) is 0 Å². The van der Waals surface area contributed by atoms with Gasteiger partial charge in [-0.25, -0.2) is 9.18 Å². The quantitative estimate of drug-likeness (QED) is 0.415. The molecule has 15 heteroatoms. The smallest absolute Gasteiger partial charge is 0.483 e. The number of anilines is 1. The zero-order valence-electron chi connectivity index (χ0n) is 18.4. The number of hydrogen-bond donors (Lipinski definition) is 3. The van der Waals surface area contributed by atoms with Gasteiger partial charge in [0, 0.05) is 31.0 Å². The van der Waals surface area contributed by atoms with E-state index in [2.05, 4.69) is 10.4 Å². The molecule has 0 fully saturated rings. The predicted octanol–water partition coefficient (Wildman–Crippen LogP) is 4.24. The molecule has 4 N–H and O–H groups in total. The minimum atomic E-state index is -5.08. The van der Waals surface area contributed by atoms with Gasteiger partial charge < -0.3 is 20.9 Å². The minimum absolute atomic E-state index is 0.0956. The number of carboxylic acid groups (broad SMARTS) is 1. The topological polar surface area (TPSA) is 119 Å². The molecule has 0 bridgehead atoms. The first kappa shape index (κ1) is 28.4. The van der Waals surface area contributed by atoms with Gasteiger partial charge >= 0.3 is 18.3 Å². The average Bonchev–Trinajstić information content (AvgIpc) is 3.06. The van der Waals surface area contributed by atoms with E-state index in [1.807, 2.05) is 0 Å². The Hall–Kier alpha value is -3.88. The SMILES string of the molecule is Cn1nc(NC(=O)CCN)c2ccc(-c3cc(F)ccc3OCC(F)(F)F)cc21.O=C(O)C(F)(F)F. The normalized spacial score (nSPS) is 11.6. The molecule has 1 aromatic heterocycles. The molecule has 36 heavy (non-hydrogen) atoms. The van der Waals surface area contributed by atoms with Crippen molar-refractivity contribution in [3.05, 3.63) is 42.2 Å². The number of nitrogens with one attached hydrogen (secondary N) is 1. The zero-order chi connectivity index (χ0) is 27.3. The number of nitrogens with zero attached hydrogens (tertiary/aromatic N) is 2. The predicted molar refractivity (Wildman–Crippen MR) is 114 cm³/mol. The number of nitrogens with two attached hydrogens (primary N) is 1. The molecule has 0 aliphatic carbocycles. The molecule has 0 spiro atoms. The van der Waals surface area contributed by atoms with Crippen LogP contribution >= 0.6 is 0 Å². The second-order valence-corrected chi connectivity index (χ2v) is 7.14. The third-order valence-corrected chi connectivity index (χ3v) is 4.37. The van der Waals surface area contributed by atoms with Crippen LogP contribution in [-0.2, 0) is 16.6 Å². The Labute approximate surface area is 198 Å². The molecule has 2 aromatic carbocycles. The summed E-state index contributed by atoms with van der Waals surface area (Å²) in [6, 6.07) is 8.17. The first-order valence-electron chi connectivity index (χ1n) is 9.88. The standard InChI is InChI=1S/C19H18F4N4O2.C2HF3O2/c1-27-15-8-11(2-4-13(15)18(26-27)25-17(28)6-7-24)14-9-12(20)3-5-16(14)29-10-19(21,22)23;3-2(4,5)1(6)7/h2-5,8-9H,6-7,10,24H2,1H3,(H,25,26,28);(H,6,7). The Morgan fingerprint density at radius 1 is 1.11 bits per heavy atom. The number of aromatic nitrogens is 2. The van der Waals surface area contributed by atoms with Crippen LogP contribution in [0.15, 0.2) is 36.4 Å². The molecule has 0 aliphatic heterocycles. The second-order valence-electron chi connectivity index (χ2n) is 7.14. The van der Waals surface area contributed by atoms with E-state index >= 15 is 0 Å². The monoisotopic (exact) mass is 524 g/mol. The van der Waals surface area contributed by atoms with E-state index in [1.165, 1.54) is 4.68 Å². The van der Waals surface area contributed by atoms with Crippen molar-refractivity contribution < 1.29 is 50.2 Å². The summed E-state index contributed by atoms with van der Waals surface area (Å²) in [6.45, 7) is -1.29. The fourth-order valence-corrected chi connectivity index (χ4v) is 2.86. The zero-order valence-corrected chi connectivity index (χ0v) is 18.4. The molecule has 0 saturated carbocycles. The van der Waals surface area contributed by atoms with E-state index < -0.39 is 30.7 Å². The van der Waals surface area contributed by atoms with Crippen LogP contribution in [0.4, 0.5) is 36.6 Å². The molecule has 1 amide bonds. The minimum Gasteiger partial charge on any atom is -0.483 e. The molecule has 0 radical (unpaired) electrons. The maximum absolute atomic E-state index is 13.8. The number of ether oxygens (including phenoxy) is 1. The Kier molecular flexibility index (Phi) is 8.85. The number of aryl methyl sites for hydroxylation is 1. The highest BCUT2D eigenvalue weighted by molar-refractivity contribution is 6.01. The van der Waals surface area contributed by atoms with Crippen LogP contribution in [0.1, 0.15) is 6.42 Å². The highest BCUT2D eigenvalue weighted by Crippen LogP contribution is 2.35. The molecule has 8 nitrogen and oxygen atoms in total. The van der Waals surface area contributed by atoms with Crippen molar-refractivity contribution in [1.82, 2.24) is 9.78 Å². The van der Waals surface area contributed by atoms with Gasteiger partial charge in [-0.3, -0.25) is 9.48 Å². The number of rotatable bonds is 6. The summed E-state index contributed by atoms with van der Waals surface area (Å²) in [4.78, 5) is 20.7. The highest BCUT2D eigenvalue weighted by Gasteiger charge is 2.38. The molecule has 196 valence electrons. The van der Waals surface area contributed by atoms with Crippen molar-refractivity contribution in [2.45, 2.75) is 18.8 Å². The van der Waals surface area contributed by atoms with Crippen molar-refractivity contribution in [3.8, 4) is 16.9 Å². The summed E-state index contributed by atoms with van der Waals surface area (Å²) >= 11 is 0. The molecular weight excluding hydrogens is 505 g/mol. The average molecular weight is 524 g/mol.